The van der Waals surface area contributed by atoms with Crippen LogP contribution in [0.3, 0.4) is 0 Å². The number of carbonyl (C=O) groups is 2. The number of likely N-dealkylation sites (N-methyl/N-ethyl adjacent to an activating group) is 1. The van der Waals surface area contributed by atoms with Gasteiger partial charge >= 0.3 is 0 Å². The van der Waals surface area contributed by atoms with Crippen molar-refractivity contribution in [1.82, 2.24) is 10.2 Å². The fraction of sp³-hybridized carbons (Fsp3) is 0.368. The molecule has 3 rings (SSSR count). The van der Waals surface area contributed by atoms with Crippen molar-refractivity contribution in [3.63, 3.8) is 0 Å². The Kier molecular flexibility index (Phi) is 6.05. The summed E-state index contributed by atoms with van der Waals surface area (Å²) in [5.41, 5.74) is 0.533. The topological polar surface area (TPSA) is 109 Å². The van der Waals surface area contributed by atoms with Crippen LogP contribution in [0.25, 0.3) is 0 Å². The summed E-state index contributed by atoms with van der Waals surface area (Å²) in [7, 11) is 1.62. The van der Waals surface area contributed by atoms with E-state index in [4.69, 9.17) is 4.42 Å². The molecule has 0 saturated carbocycles. The number of nitro benzene ring substituents is 1. The Bertz CT molecular complexity index is 835. The van der Waals surface area contributed by atoms with Gasteiger partial charge in [-0.2, -0.15) is 0 Å². The molecular weight excluding hydrogens is 364 g/mol. The highest BCUT2D eigenvalue weighted by molar-refractivity contribution is 5.95. The second-order valence-electron chi connectivity index (χ2n) is 6.65. The number of non-ortho nitro benzene ring substituents is 1. The largest absolute Gasteiger partial charge is 0.467 e. The monoisotopic (exact) mass is 386 g/mol. The van der Waals surface area contributed by atoms with Crippen LogP contribution in [0, 0.1) is 10.1 Å². The molecule has 0 bridgehead atoms. The van der Waals surface area contributed by atoms with Crippen LogP contribution < -0.4 is 10.2 Å². The molecule has 1 aromatic carbocycles. The Balaban J connectivity index is 1.57. The molecule has 2 aromatic rings. The maximum Gasteiger partial charge on any atom is 0.269 e. The van der Waals surface area contributed by atoms with Gasteiger partial charge in [0.2, 0.25) is 11.8 Å². The quantitative estimate of drug-likeness (QED) is 0.575. The second-order valence-corrected chi connectivity index (χ2v) is 6.65. The van der Waals surface area contributed by atoms with E-state index in [-0.39, 0.29) is 30.1 Å². The predicted octanol–water partition coefficient (Wildman–Crippen LogP) is 1.93. The zero-order valence-electron chi connectivity index (χ0n) is 15.5. The molecule has 2 amide bonds. The molecule has 9 nitrogen and oxygen atoms in total. The van der Waals surface area contributed by atoms with E-state index in [2.05, 4.69) is 5.32 Å². The molecule has 1 fully saturated rings. The summed E-state index contributed by atoms with van der Waals surface area (Å²) in [6, 6.07) is 8.98. The normalized spacial score (nSPS) is 16.7. The van der Waals surface area contributed by atoms with Gasteiger partial charge in [0.05, 0.1) is 30.3 Å². The Morgan fingerprint density at radius 2 is 2.07 bits per heavy atom. The van der Waals surface area contributed by atoms with E-state index >= 15 is 0 Å². The molecule has 1 saturated heterocycles. The fourth-order valence-corrected chi connectivity index (χ4v) is 3.24. The van der Waals surface area contributed by atoms with Crippen molar-refractivity contribution in [2.45, 2.75) is 25.4 Å². The number of benzene rings is 1. The van der Waals surface area contributed by atoms with Crippen LogP contribution in [0.1, 0.15) is 18.6 Å². The van der Waals surface area contributed by atoms with Crippen molar-refractivity contribution in [3.8, 4) is 0 Å². The van der Waals surface area contributed by atoms with Gasteiger partial charge in [0.15, 0.2) is 0 Å². The number of nitrogens with zero attached hydrogens (tertiary/aromatic N) is 3. The van der Waals surface area contributed by atoms with E-state index in [1.165, 1.54) is 29.2 Å². The van der Waals surface area contributed by atoms with E-state index in [1.54, 1.807) is 25.4 Å². The Morgan fingerprint density at radius 1 is 1.32 bits per heavy atom. The second kappa shape index (κ2) is 8.66. The molecule has 2 heterocycles. The van der Waals surface area contributed by atoms with Gasteiger partial charge in [-0.1, -0.05) is 0 Å². The zero-order chi connectivity index (χ0) is 20.1. The van der Waals surface area contributed by atoms with Gasteiger partial charge in [0.25, 0.3) is 5.69 Å². The highest BCUT2D eigenvalue weighted by Gasteiger charge is 2.32. The molecule has 1 atom stereocenters. The molecule has 1 aromatic heterocycles. The van der Waals surface area contributed by atoms with Gasteiger partial charge in [0.1, 0.15) is 5.76 Å². The molecule has 9 heteroatoms. The molecule has 148 valence electrons. The third kappa shape index (κ3) is 4.55. The lowest BCUT2D eigenvalue weighted by molar-refractivity contribution is -0.384. The van der Waals surface area contributed by atoms with Gasteiger partial charge in [-0.25, -0.2) is 0 Å². The minimum Gasteiger partial charge on any atom is -0.467 e. The molecule has 28 heavy (non-hydrogen) atoms. The molecule has 0 radical (unpaired) electrons. The summed E-state index contributed by atoms with van der Waals surface area (Å²) in [5, 5.41) is 13.6. The van der Waals surface area contributed by atoms with Crippen molar-refractivity contribution in [1.29, 1.82) is 0 Å². The highest BCUT2D eigenvalue weighted by Crippen LogP contribution is 2.21. The number of rotatable bonds is 7. The van der Waals surface area contributed by atoms with Crippen LogP contribution in [0.15, 0.2) is 47.1 Å². The van der Waals surface area contributed by atoms with Crippen molar-refractivity contribution in [2.24, 2.45) is 0 Å². The number of hydrogen-bond donors (Lipinski definition) is 1. The molecule has 1 aliphatic rings. The summed E-state index contributed by atoms with van der Waals surface area (Å²) in [5.74, 6) is 0.367. The van der Waals surface area contributed by atoms with E-state index in [0.29, 0.717) is 31.0 Å². The minimum absolute atomic E-state index is 0.0302. The van der Waals surface area contributed by atoms with E-state index < -0.39 is 4.92 Å². The predicted molar refractivity (Wildman–Crippen MR) is 102 cm³/mol. The molecule has 0 unspecified atom stereocenters. The summed E-state index contributed by atoms with van der Waals surface area (Å²) >= 11 is 0. The van der Waals surface area contributed by atoms with Gasteiger partial charge in [-0.3, -0.25) is 24.6 Å². The highest BCUT2D eigenvalue weighted by atomic mass is 16.6. The first-order chi connectivity index (χ1) is 13.5. The van der Waals surface area contributed by atoms with Gasteiger partial charge in [-0.15, -0.1) is 0 Å². The van der Waals surface area contributed by atoms with Gasteiger partial charge in [0, 0.05) is 24.9 Å². The summed E-state index contributed by atoms with van der Waals surface area (Å²) < 4.78 is 5.21. The van der Waals surface area contributed by atoms with Crippen LogP contribution >= 0.6 is 0 Å². The number of carbonyl (C=O) groups excluding carboxylic acids is 2. The molecule has 1 N–H and O–H groups in total. The van der Waals surface area contributed by atoms with E-state index in [0.717, 1.165) is 6.42 Å². The average molecular weight is 386 g/mol. The first kappa shape index (κ1) is 19.6. The van der Waals surface area contributed by atoms with Crippen LogP contribution in [0.5, 0.6) is 0 Å². The smallest absolute Gasteiger partial charge is 0.269 e. The summed E-state index contributed by atoms with van der Waals surface area (Å²) in [4.78, 5) is 38.7. The van der Waals surface area contributed by atoms with Crippen LogP contribution in [-0.4, -0.2) is 47.8 Å². The lowest BCUT2D eigenvalue weighted by atomic mass is 10.2. The molecular formula is C19H22N4O5. The average Bonchev–Trinajstić information content (AvgIpc) is 3.37. The standard InChI is InChI=1S/C19H22N4O5/c1-21(14-6-8-15(9-7-14)23(26)27)18(24)13-22-10-2-5-17(22)19(25)20-12-16-4-3-11-28-16/h3-4,6-9,11,17H,2,5,10,12-13H2,1H3,(H,20,25)/t17-/m1/s1. The third-order valence-electron chi connectivity index (χ3n) is 4.84. The number of amides is 2. The number of likely N-dealkylation sites (tertiary alicyclic amines) is 1. The first-order valence-corrected chi connectivity index (χ1v) is 9.01. The molecule has 0 spiro atoms. The molecule has 1 aliphatic heterocycles. The maximum absolute atomic E-state index is 12.6. The Hall–Kier alpha value is -3.20. The number of anilines is 1. The van der Waals surface area contributed by atoms with Crippen LogP contribution in [-0.2, 0) is 16.1 Å². The lowest BCUT2D eigenvalue weighted by Gasteiger charge is -2.26. The lowest BCUT2D eigenvalue weighted by Crippen LogP contribution is -2.47. The third-order valence-corrected chi connectivity index (χ3v) is 4.84. The van der Waals surface area contributed by atoms with Crippen molar-refractivity contribution in [2.75, 3.05) is 25.0 Å². The maximum atomic E-state index is 12.6. The zero-order valence-corrected chi connectivity index (χ0v) is 15.5. The number of nitro groups is 1. The van der Waals surface area contributed by atoms with Crippen LogP contribution in [0.2, 0.25) is 0 Å². The fourth-order valence-electron chi connectivity index (χ4n) is 3.24. The molecule has 0 aliphatic carbocycles. The van der Waals surface area contributed by atoms with Crippen molar-refractivity contribution in [3.05, 3.63) is 58.5 Å². The Labute approximate surface area is 162 Å². The summed E-state index contributed by atoms with van der Waals surface area (Å²) in [6.45, 7) is 1.08. The first-order valence-electron chi connectivity index (χ1n) is 9.01. The Morgan fingerprint density at radius 3 is 2.71 bits per heavy atom. The van der Waals surface area contributed by atoms with Crippen molar-refractivity contribution < 1.29 is 18.9 Å². The number of nitrogens with one attached hydrogen (secondary N) is 1. The summed E-state index contributed by atoms with van der Waals surface area (Å²) in [6.07, 6.45) is 3.09. The van der Waals surface area contributed by atoms with Crippen LogP contribution in [0.4, 0.5) is 11.4 Å². The minimum atomic E-state index is -0.484. The van der Waals surface area contributed by atoms with Gasteiger partial charge < -0.3 is 14.6 Å². The van der Waals surface area contributed by atoms with Gasteiger partial charge in [-0.05, 0) is 43.7 Å². The van der Waals surface area contributed by atoms with Crippen molar-refractivity contribution >= 4 is 23.2 Å². The SMILES string of the molecule is CN(C(=O)CN1CCC[C@@H]1C(=O)NCc1ccco1)c1ccc([N+](=O)[O-])cc1. The number of furan rings is 1. The number of hydrogen-bond acceptors (Lipinski definition) is 6. The van der Waals surface area contributed by atoms with E-state index in [9.17, 15) is 19.7 Å². The van der Waals surface area contributed by atoms with E-state index in [1.807, 2.05) is 4.90 Å².